The third-order valence-corrected chi connectivity index (χ3v) is 7.69. The number of anilines is 2. The quantitative estimate of drug-likeness (QED) is 0.449. The molecule has 1 aliphatic rings. The van der Waals surface area contributed by atoms with E-state index in [0.29, 0.717) is 23.5 Å². The summed E-state index contributed by atoms with van der Waals surface area (Å²) < 4.78 is 40.4. The second-order valence-corrected chi connectivity index (χ2v) is 10.4. The second kappa shape index (κ2) is 9.87. The summed E-state index contributed by atoms with van der Waals surface area (Å²) in [6, 6.07) is 4.24. The molecule has 1 aliphatic heterocycles. The first-order valence-corrected chi connectivity index (χ1v) is 11.9. The van der Waals surface area contributed by atoms with Crippen molar-refractivity contribution in [2.75, 3.05) is 25.6 Å². The van der Waals surface area contributed by atoms with Crippen molar-refractivity contribution in [1.82, 2.24) is 15.0 Å². The Hall–Kier alpha value is -3.49. The number of methoxy groups -OCH3 is 1. The van der Waals surface area contributed by atoms with E-state index < -0.39 is 21.9 Å². The number of halogens is 2. The number of fused-ring (bicyclic) bond motifs is 1. The van der Waals surface area contributed by atoms with Gasteiger partial charge in [-0.15, -0.1) is 6.42 Å². The summed E-state index contributed by atoms with van der Waals surface area (Å²) in [6.45, 7) is 6.07. The molecule has 0 fully saturated rings. The van der Waals surface area contributed by atoms with E-state index in [1.807, 2.05) is 13.8 Å². The van der Waals surface area contributed by atoms with Crippen LogP contribution in [0.25, 0.3) is 11.0 Å². The van der Waals surface area contributed by atoms with Gasteiger partial charge in [0.1, 0.15) is 5.52 Å². The molecule has 36 heavy (non-hydrogen) atoms. The molecule has 0 aliphatic carbocycles. The Morgan fingerprint density at radius 3 is 2.78 bits per heavy atom. The maximum atomic E-state index is 15.3. The van der Waals surface area contributed by atoms with Gasteiger partial charge in [-0.3, -0.25) is 4.99 Å². The van der Waals surface area contributed by atoms with Gasteiger partial charge in [0, 0.05) is 41.3 Å². The molecule has 3 heterocycles. The molecule has 0 unspecified atom stereocenters. The Labute approximate surface area is 212 Å². The molecule has 3 aromatic rings. The number of aliphatic imine (C=N–C) groups is 1. The van der Waals surface area contributed by atoms with E-state index in [9.17, 15) is 4.39 Å². The van der Waals surface area contributed by atoms with E-state index in [4.69, 9.17) is 21.6 Å². The van der Waals surface area contributed by atoms with E-state index in [1.54, 1.807) is 20.1 Å². The lowest BCUT2D eigenvalue weighted by atomic mass is 9.74. The van der Waals surface area contributed by atoms with Crippen LogP contribution in [0, 0.1) is 29.9 Å². The van der Waals surface area contributed by atoms with Gasteiger partial charge in [0.15, 0.2) is 29.2 Å². The molecule has 2 aromatic heterocycles. The maximum Gasteiger partial charge on any atom is 0.233 e. The highest BCUT2D eigenvalue weighted by Crippen LogP contribution is 2.50. The Bertz CT molecular complexity index is 1380. The monoisotopic (exact) mass is 512 g/mol. The van der Waals surface area contributed by atoms with Crippen LogP contribution in [0.1, 0.15) is 26.3 Å². The molecule has 0 bridgehead atoms. The Morgan fingerprint density at radius 2 is 2.06 bits per heavy atom. The zero-order valence-electron chi connectivity index (χ0n) is 20.3. The summed E-state index contributed by atoms with van der Waals surface area (Å²) in [5.74, 6) is 0.669. The van der Waals surface area contributed by atoms with Crippen LogP contribution >= 0.6 is 11.8 Å². The van der Waals surface area contributed by atoms with Crippen LogP contribution in [-0.4, -0.2) is 45.2 Å². The van der Waals surface area contributed by atoms with Crippen molar-refractivity contribution in [3.8, 4) is 18.2 Å². The first-order valence-electron chi connectivity index (χ1n) is 11.1. The summed E-state index contributed by atoms with van der Waals surface area (Å²) in [5, 5.41) is 3.32. The summed E-state index contributed by atoms with van der Waals surface area (Å²) in [7, 11) is 1.59. The van der Waals surface area contributed by atoms with Crippen molar-refractivity contribution in [2.24, 2.45) is 16.6 Å². The SMILES string of the molecule is C#CCOc1cnc2c(Nc3cc(F)c(F)c([C@@]4(C)N=C(N)S[C@](C)(COC)[C@H]4C)c3)nccc2n1. The molecule has 1 aromatic carbocycles. The fraction of sp³-hybridized carbons (Fsp3) is 0.360. The van der Waals surface area contributed by atoms with Crippen molar-refractivity contribution in [2.45, 2.75) is 31.1 Å². The van der Waals surface area contributed by atoms with Crippen molar-refractivity contribution in [3.05, 3.63) is 47.8 Å². The fourth-order valence-electron chi connectivity index (χ4n) is 4.38. The highest BCUT2D eigenvalue weighted by molar-refractivity contribution is 8.15. The Kier molecular flexibility index (Phi) is 7.02. The van der Waals surface area contributed by atoms with Gasteiger partial charge in [0.2, 0.25) is 5.88 Å². The van der Waals surface area contributed by atoms with Gasteiger partial charge in [0.25, 0.3) is 0 Å². The molecule has 0 spiro atoms. The van der Waals surface area contributed by atoms with Gasteiger partial charge in [-0.05, 0) is 26.0 Å². The number of hydrogen-bond acceptors (Lipinski definition) is 9. The maximum absolute atomic E-state index is 15.3. The third kappa shape index (κ3) is 4.66. The van der Waals surface area contributed by atoms with Gasteiger partial charge < -0.3 is 20.5 Å². The molecule has 0 radical (unpaired) electrons. The summed E-state index contributed by atoms with van der Waals surface area (Å²) in [5.41, 5.74) is 6.24. The number of benzene rings is 1. The Balaban J connectivity index is 1.76. The van der Waals surface area contributed by atoms with Crippen molar-refractivity contribution >= 4 is 39.5 Å². The van der Waals surface area contributed by atoms with E-state index in [0.717, 1.165) is 6.07 Å². The van der Waals surface area contributed by atoms with Crippen LogP contribution in [-0.2, 0) is 10.3 Å². The number of rotatable bonds is 7. The normalized spacial score (nSPS) is 23.7. The van der Waals surface area contributed by atoms with Gasteiger partial charge in [-0.2, -0.15) is 0 Å². The van der Waals surface area contributed by atoms with E-state index in [1.165, 1.54) is 30.2 Å². The lowest BCUT2D eigenvalue weighted by molar-refractivity contribution is 0.124. The van der Waals surface area contributed by atoms with E-state index >= 15 is 4.39 Å². The van der Waals surface area contributed by atoms with Gasteiger partial charge in [0.05, 0.1) is 23.9 Å². The molecule has 11 heteroatoms. The van der Waals surface area contributed by atoms with Crippen molar-refractivity contribution in [1.29, 1.82) is 0 Å². The second-order valence-electron chi connectivity index (χ2n) is 8.84. The average Bonchev–Trinajstić information content (AvgIpc) is 2.83. The summed E-state index contributed by atoms with van der Waals surface area (Å²) in [4.78, 5) is 17.6. The minimum absolute atomic E-state index is 0.0557. The molecule has 4 rings (SSSR count). The number of pyridine rings is 1. The van der Waals surface area contributed by atoms with Crippen molar-refractivity contribution < 1.29 is 18.3 Å². The average molecular weight is 513 g/mol. The number of aromatic nitrogens is 3. The molecule has 3 atom stereocenters. The lowest BCUT2D eigenvalue weighted by Crippen LogP contribution is -2.50. The Morgan fingerprint density at radius 1 is 1.28 bits per heavy atom. The highest BCUT2D eigenvalue weighted by atomic mass is 32.2. The van der Waals surface area contributed by atoms with Crippen LogP contribution in [0.3, 0.4) is 0 Å². The van der Waals surface area contributed by atoms with Gasteiger partial charge in [-0.1, -0.05) is 24.6 Å². The minimum atomic E-state index is -1.15. The molecule has 0 saturated heterocycles. The number of hydrogen-bond donors (Lipinski definition) is 2. The molecule has 188 valence electrons. The summed E-state index contributed by atoms with van der Waals surface area (Å²) >= 11 is 1.37. The van der Waals surface area contributed by atoms with Crippen LogP contribution in [0.4, 0.5) is 20.3 Å². The number of thioether (sulfide) groups is 1. The van der Waals surface area contributed by atoms with Crippen LogP contribution in [0.5, 0.6) is 5.88 Å². The number of nitrogens with zero attached hydrogens (tertiary/aromatic N) is 4. The molecule has 8 nitrogen and oxygen atoms in total. The van der Waals surface area contributed by atoms with E-state index in [2.05, 4.69) is 31.2 Å². The zero-order chi connectivity index (χ0) is 26.1. The van der Waals surface area contributed by atoms with Gasteiger partial charge >= 0.3 is 0 Å². The summed E-state index contributed by atoms with van der Waals surface area (Å²) in [6.07, 6.45) is 8.16. The lowest BCUT2D eigenvalue weighted by Gasteiger charge is -2.47. The molecule has 3 N–H and O–H groups in total. The largest absolute Gasteiger partial charge is 0.463 e. The first kappa shape index (κ1) is 25.6. The van der Waals surface area contributed by atoms with Crippen LogP contribution in [0.2, 0.25) is 0 Å². The topological polar surface area (TPSA) is 108 Å². The number of terminal acetylenes is 1. The number of nitrogens with one attached hydrogen (secondary N) is 1. The smallest absolute Gasteiger partial charge is 0.233 e. The molecular weight excluding hydrogens is 486 g/mol. The highest BCUT2D eigenvalue weighted by Gasteiger charge is 2.50. The van der Waals surface area contributed by atoms with E-state index in [-0.39, 0.29) is 34.8 Å². The third-order valence-electron chi connectivity index (χ3n) is 6.45. The number of nitrogens with two attached hydrogens (primary N) is 1. The molecular formula is C25H26F2N6O2S. The fourth-order valence-corrected chi connectivity index (χ4v) is 5.67. The molecule has 0 amide bonds. The first-order chi connectivity index (χ1) is 17.1. The minimum Gasteiger partial charge on any atom is -0.463 e. The van der Waals surface area contributed by atoms with Crippen LogP contribution in [0.15, 0.2) is 35.6 Å². The number of ether oxygens (including phenoxy) is 2. The zero-order valence-corrected chi connectivity index (χ0v) is 21.1. The predicted molar refractivity (Wildman–Crippen MR) is 137 cm³/mol. The standard InChI is InChI=1S/C25H26F2N6O2S/c1-6-9-35-19-12-30-21-18(32-19)7-8-29-22(21)31-15-10-16(20(27)17(26)11-15)25(4)14(2)24(3,13-34-5)36-23(28)33-25/h1,7-8,10-12,14H,9,13H2,2-5H3,(H2,28,33)(H,29,31)/t14-,24-,25+/m1/s1. The number of amidine groups is 1. The van der Waals surface area contributed by atoms with Crippen molar-refractivity contribution in [3.63, 3.8) is 0 Å². The molecule has 0 saturated carbocycles. The predicted octanol–water partition coefficient (Wildman–Crippen LogP) is 4.38. The van der Waals surface area contributed by atoms with Gasteiger partial charge in [-0.25, -0.2) is 23.7 Å². The van der Waals surface area contributed by atoms with Crippen LogP contribution < -0.4 is 15.8 Å².